The van der Waals surface area contributed by atoms with Crippen molar-refractivity contribution in [1.29, 1.82) is 0 Å². The van der Waals surface area contributed by atoms with E-state index in [4.69, 9.17) is 5.73 Å². The van der Waals surface area contributed by atoms with E-state index in [1.807, 2.05) is 0 Å². The van der Waals surface area contributed by atoms with Gasteiger partial charge in [0, 0.05) is 12.2 Å². The summed E-state index contributed by atoms with van der Waals surface area (Å²) >= 11 is 0. The number of anilines is 1. The fourth-order valence-electron chi connectivity index (χ4n) is 1.86. The summed E-state index contributed by atoms with van der Waals surface area (Å²) in [5.41, 5.74) is 5.84. The van der Waals surface area contributed by atoms with E-state index in [0.29, 0.717) is 12.2 Å². The summed E-state index contributed by atoms with van der Waals surface area (Å²) in [6, 6.07) is 7.09. The van der Waals surface area contributed by atoms with Crippen molar-refractivity contribution in [1.82, 2.24) is 0 Å². The molecule has 1 aromatic carbocycles. The second kappa shape index (κ2) is 5.91. The molecule has 17 heavy (non-hydrogen) atoms. The number of halogens is 3. The summed E-state index contributed by atoms with van der Waals surface area (Å²) in [5.74, 6) is 0. The van der Waals surface area contributed by atoms with Crippen LogP contribution < -0.4 is 10.6 Å². The van der Waals surface area contributed by atoms with Crippen LogP contribution in [-0.2, 0) is 0 Å². The zero-order chi connectivity index (χ0) is 12.9. The molecule has 0 bridgehead atoms. The summed E-state index contributed by atoms with van der Waals surface area (Å²) in [4.78, 5) is 1.34. The van der Waals surface area contributed by atoms with Crippen LogP contribution >= 0.6 is 0 Å². The lowest BCUT2D eigenvalue weighted by Gasteiger charge is -2.34. The lowest BCUT2D eigenvalue weighted by atomic mass is 10.1. The third-order valence-corrected chi connectivity index (χ3v) is 2.62. The maximum atomic E-state index is 12.9. The van der Waals surface area contributed by atoms with E-state index in [0.717, 1.165) is 0 Å². The molecular weight excluding hydrogens is 229 g/mol. The summed E-state index contributed by atoms with van der Waals surface area (Å²) in [5, 5.41) is 0. The van der Waals surface area contributed by atoms with E-state index >= 15 is 0 Å². The summed E-state index contributed by atoms with van der Waals surface area (Å²) in [6.45, 7) is 2.03. The molecule has 5 heteroatoms. The number of nitrogens with zero attached hydrogens (tertiary/aromatic N) is 1. The molecule has 1 atom stereocenters. The van der Waals surface area contributed by atoms with Crippen LogP contribution in [0.4, 0.5) is 18.9 Å². The molecule has 0 spiro atoms. The van der Waals surface area contributed by atoms with Crippen LogP contribution in [0.3, 0.4) is 0 Å². The normalized spacial score (nSPS) is 13.5. The Kier molecular flexibility index (Phi) is 4.81. The molecule has 0 fully saturated rings. The smallest absolute Gasteiger partial charge is 0.360 e. The van der Waals surface area contributed by atoms with Gasteiger partial charge in [-0.25, -0.2) is 0 Å². The molecule has 0 saturated heterocycles. The minimum absolute atomic E-state index is 0.0213. The molecule has 1 rings (SSSR count). The fourth-order valence-corrected chi connectivity index (χ4v) is 1.86. The molecule has 0 saturated carbocycles. The van der Waals surface area contributed by atoms with Crippen LogP contribution in [0.5, 0.6) is 0 Å². The molecule has 1 aromatic rings. The number of hydrogen-bond donors (Lipinski definition) is 1. The summed E-state index contributed by atoms with van der Waals surface area (Å²) < 4.78 is 38.8. The van der Waals surface area contributed by atoms with Crippen molar-refractivity contribution in [3.63, 3.8) is 0 Å². The molecule has 1 unspecified atom stereocenters. The maximum absolute atomic E-state index is 12.9. The first-order valence-corrected chi connectivity index (χ1v) is 5.59. The van der Waals surface area contributed by atoms with Crippen LogP contribution in [0.15, 0.2) is 30.3 Å². The monoisotopic (exact) mass is 246 g/mol. The predicted octanol–water partition coefficient (Wildman–Crippen LogP) is 2.79. The fraction of sp³-hybridized carbons (Fsp3) is 0.500. The zero-order valence-corrected chi connectivity index (χ0v) is 9.74. The highest BCUT2D eigenvalue weighted by Crippen LogP contribution is 2.30. The average molecular weight is 246 g/mol. The molecule has 0 aliphatic rings. The predicted molar refractivity (Wildman–Crippen MR) is 63.0 cm³/mol. The van der Waals surface area contributed by atoms with Gasteiger partial charge in [-0.1, -0.05) is 18.2 Å². The van der Waals surface area contributed by atoms with Gasteiger partial charge in [-0.15, -0.1) is 0 Å². The number of para-hydroxylation sites is 1. The molecule has 0 aromatic heterocycles. The maximum Gasteiger partial charge on any atom is 0.408 e. The lowest BCUT2D eigenvalue weighted by Crippen LogP contribution is -2.47. The SMILES string of the molecule is CCN(c1ccccc1)C(CCN)C(F)(F)F. The largest absolute Gasteiger partial charge is 0.408 e. The van der Waals surface area contributed by atoms with Crippen molar-refractivity contribution in [3.8, 4) is 0 Å². The highest BCUT2D eigenvalue weighted by atomic mass is 19.4. The van der Waals surface area contributed by atoms with Gasteiger partial charge in [0.1, 0.15) is 6.04 Å². The second-order valence-corrected chi connectivity index (χ2v) is 3.76. The zero-order valence-electron chi connectivity index (χ0n) is 9.74. The van der Waals surface area contributed by atoms with Crippen molar-refractivity contribution >= 4 is 5.69 Å². The minimum Gasteiger partial charge on any atom is -0.360 e. The average Bonchev–Trinajstić information content (AvgIpc) is 2.29. The van der Waals surface area contributed by atoms with Gasteiger partial charge in [-0.05, 0) is 32.0 Å². The second-order valence-electron chi connectivity index (χ2n) is 3.76. The Hall–Kier alpha value is -1.23. The van der Waals surface area contributed by atoms with Crippen LogP contribution in [0.1, 0.15) is 13.3 Å². The van der Waals surface area contributed by atoms with E-state index in [2.05, 4.69) is 0 Å². The van der Waals surface area contributed by atoms with Gasteiger partial charge in [-0.2, -0.15) is 13.2 Å². The number of hydrogen-bond acceptors (Lipinski definition) is 2. The van der Waals surface area contributed by atoms with E-state index in [1.54, 1.807) is 37.3 Å². The quantitative estimate of drug-likeness (QED) is 0.865. The lowest BCUT2D eigenvalue weighted by molar-refractivity contribution is -0.149. The minimum atomic E-state index is -4.26. The van der Waals surface area contributed by atoms with Crippen LogP contribution in [-0.4, -0.2) is 25.3 Å². The Morgan fingerprint density at radius 2 is 1.82 bits per heavy atom. The molecular formula is C12H17F3N2. The Morgan fingerprint density at radius 3 is 2.24 bits per heavy atom. The van der Waals surface area contributed by atoms with Gasteiger partial charge in [0.25, 0.3) is 0 Å². The van der Waals surface area contributed by atoms with Gasteiger partial charge in [0.05, 0.1) is 0 Å². The van der Waals surface area contributed by atoms with Crippen molar-refractivity contribution in [3.05, 3.63) is 30.3 Å². The van der Waals surface area contributed by atoms with Crippen LogP contribution in [0, 0.1) is 0 Å². The molecule has 0 aliphatic carbocycles. The first kappa shape index (κ1) is 13.8. The topological polar surface area (TPSA) is 29.3 Å². The Labute approximate surface area is 99.2 Å². The van der Waals surface area contributed by atoms with Crippen molar-refractivity contribution in [2.75, 3.05) is 18.0 Å². The number of nitrogens with two attached hydrogens (primary N) is 1. The first-order valence-electron chi connectivity index (χ1n) is 5.59. The Bertz CT molecular complexity index is 324. The van der Waals surface area contributed by atoms with Gasteiger partial charge >= 0.3 is 6.18 Å². The van der Waals surface area contributed by atoms with Gasteiger partial charge in [0.2, 0.25) is 0 Å². The molecule has 96 valence electrons. The van der Waals surface area contributed by atoms with E-state index in [-0.39, 0.29) is 13.0 Å². The van der Waals surface area contributed by atoms with Crippen LogP contribution in [0.25, 0.3) is 0 Å². The molecule has 2 N–H and O–H groups in total. The number of alkyl halides is 3. The Balaban J connectivity index is 2.98. The molecule has 2 nitrogen and oxygen atoms in total. The molecule has 0 amide bonds. The van der Waals surface area contributed by atoms with Crippen LogP contribution in [0.2, 0.25) is 0 Å². The number of rotatable bonds is 5. The third-order valence-electron chi connectivity index (χ3n) is 2.62. The van der Waals surface area contributed by atoms with Crippen molar-refractivity contribution in [2.45, 2.75) is 25.6 Å². The van der Waals surface area contributed by atoms with E-state index in [1.165, 1.54) is 4.90 Å². The van der Waals surface area contributed by atoms with Gasteiger partial charge in [-0.3, -0.25) is 0 Å². The Morgan fingerprint density at radius 1 is 1.24 bits per heavy atom. The summed E-state index contributed by atoms with van der Waals surface area (Å²) in [6.07, 6.45) is -4.35. The molecule has 0 aliphatic heterocycles. The molecule has 0 radical (unpaired) electrons. The van der Waals surface area contributed by atoms with Gasteiger partial charge < -0.3 is 10.6 Å². The highest BCUT2D eigenvalue weighted by Gasteiger charge is 2.42. The summed E-state index contributed by atoms with van der Waals surface area (Å²) in [7, 11) is 0. The van der Waals surface area contributed by atoms with Crippen molar-refractivity contribution in [2.24, 2.45) is 5.73 Å². The standard InChI is InChI=1S/C12H17F3N2/c1-2-17(10-6-4-3-5-7-10)11(8-9-16)12(13,14)15/h3-7,11H,2,8-9,16H2,1H3. The highest BCUT2D eigenvalue weighted by molar-refractivity contribution is 5.47. The first-order chi connectivity index (χ1) is 8.00. The number of benzene rings is 1. The third kappa shape index (κ3) is 3.63. The van der Waals surface area contributed by atoms with Gasteiger partial charge in [0.15, 0.2) is 0 Å². The van der Waals surface area contributed by atoms with Crippen molar-refractivity contribution < 1.29 is 13.2 Å². The van der Waals surface area contributed by atoms with E-state index in [9.17, 15) is 13.2 Å². The van der Waals surface area contributed by atoms with E-state index < -0.39 is 12.2 Å². The molecule has 0 heterocycles.